The van der Waals surface area contributed by atoms with Crippen molar-refractivity contribution in [1.29, 1.82) is 5.26 Å². The average Bonchev–Trinajstić information content (AvgIpc) is 2.41. The molecular formula is C13H19N3S. The number of piperazine rings is 1. The summed E-state index contributed by atoms with van der Waals surface area (Å²) in [5.74, 6) is 0. The molecule has 0 atom stereocenters. The molecule has 0 saturated carbocycles. The van der Waals surface area contributed by atoms with E-state index in [-0.39, 0.29) is 0 Å². The second-order valence-electron chi connectivity index (χ2n) is 3.86. The topological polar surface area (TPSA) is 30.3 Å². The molecule has 1 aliphatic rings. The molecule has 0 aliphatic carbocycles. The maximum Gasteiger partial charge on any atom is 0.130 e. The number of rotatable bonds is 2. The standard InChI is InChI=1S/C12H18N2.CHNS/c1-2-13-8-10-14(11-9-13)12-6-4-3-5-7-12;2-1-3/h3-7H,2,8-11H2,1H3;3H. The molecule has 1 aromatic carbocycles. The van der Waals surface area contributed by atoms with Crippen LogP contribution in [-0.2, 0) is 0 Å². The van der Waals surface area contributed by atoms with Gasteiger partial charge in [-0.15, -0.1) is 0 Å². The van der Waals surface area contributed by atoms with Gasteiger partial charge in [-0.1, -0.05) is 37.8 Å². The maximum absolute atomic E-state index is 7.18. The van der Waals surface area contributed by atoms with Gasteiger partial charge in [0.2, 0.25) is 0 Å². The van der Waals surface area contributed by atoms with Gasteiger partial charge in [0.15, 0.2) is 0 Å². The zero-order valence-electron chi connectivity index (χ0n) is 10.2. The molecule has 4 heteroatoms. The minimum Gasteiger partial charge on any atom is -0.369 e. The Kier molecular flexibility index (Phi) is 6.53. The monoisotopic (exact) mass is 249 g/mol. The molecule has 0 spiro atoms. The summed E-state index contributed by atoms with van der Waals surface area (Å²) in [6.07, 6.45) is 0. The molecule has 3 nitrogen and oxygen atoms in total. The molecule has 2 rings (SSSR count). The number of nitrogens with zero attached hydrogens (tertiary/aromatic N) is 3. The quantitative estimate of drug-likeness (QED) is 0.644. The van der Waals surface area contributed by atoms with Gasteiger partial charge in [0, 0.05) is 31.9 Å². The Morgan fingerprint density at radius 3 is 2.18 bits per heavy atom. The summed E-state index contributed by atoms with van der Waals surface area (Å²) < 4.78 is 0. The number of thiol groups is 1. The van der Waals surface area contributed by atoms with Gasteiger partial charge in [-0.05, 0) is 18.7 Å². The smallest absolute Gasteiger partial charge is 0.130 e. The van der Waals surface area contributed by atoms with E-state index in [2.05, 4.69) is 59.7 Å². The van der Waals surface area contributed by atoms with Gasteiger partial charge in [0.05, 0.1) is 0 Å². The van der Waals surface area contributed by atoms with E-state index in [1.54, 1.807) is 0 Å². The van der Waals surface area contributed by atoms with Gasteiger partial charge in [-0.25, -0.2) is 0 Å². The third kappa shape index (κ3) is 4.68. The Balaban J connectivity index is 0.000000437. The van der Waals surface area contributed by atoms with E-state index in [1.807, 2.05) is 0 Å². The molecule has 0 amide bonds. The lowest BCUT2D eigenvalue weighted by Gasteiger charge is -2.35. The Morgan fingerprint density at radius 1 is 1.18 bits per heavy atom. The van der Waals surface area contributed by atoms with Crippen molar-refractivity contribution in [1.82, 2.24) is 4.90 Å². The highest BCUT2D eigenvalue weighted by molar-refractivity contribution is 7.85. The van der Waals surface area contributed by atoms with Gasteiger partial charge >= 0.3 is 0 Å². The van der Waals surface area contributed by atoms with Crippen molar-refractivity contribution in [3.8, 4) is 5.40 Å². The molecule has 1 heterocycles. The van der Waals surface area contributed by atoms with Crippen LogP contribution < -0.4 is 4.90 Å². The summed E-state index contributed by atoms with van der Waals surface area (Å²) >= 11 is 3.09. The summed E-state index contributed by atoms with van der Waals surface area (Å²) in [5.41, 5.74) is 1.36. The fourth-order valence-electron chi connectivity index (χ4n) is 1.96. The highest BCUT2D eigenvalue weighted by Gasteiger charge is 2.14. The first-order valence-electron chi connectivity index (χ1n) is 5.87. The van der Waals surface area contributed by atoms with E-state index < -0.39 is 0 Å². The van der Waals surface area contributed by atoms with Crippen LogP contribution in [0.1, 0.15) is 6.92 Å². The first kappa shape index (κ1) is 13.9. The molecule has 1 saturated heterocycles. The molecule has 0 aromatic heterocycles. The predicted molar refractivity (Wildman–Crippen MR) is 75.4 cm³/mol. The molecule has 92 valence electrons. The largest absolute Gasteiger partial charge is 0.369 e. The lowest BCUT2D eigenvalue weighted by atomic mass is 10.2. The highest BCUT2D eigenvalue weighted by atomic mass is 32.1. The molecule has 1 aromatic rings. The van der Waals surface area contributed by atoms with Crippen molar-refractivity contribution < 1.29 is 0 Å². The molecule has 1 aliphatic heterocycles. The summed E-state index contributed by atoms with van der Waals surface area (Å²) in [6, 6.07) is 10.7. The SMILES string of the molecule is CCN1CCN(c2ccccc2)CC1.N#CS. The van der Waals surface area contributed by atoms with Crippen LogP contribution in [0.3, 0.4) is 0 Å². The van der Waals surface area contributed by atoms with Crippen LogP contribution in [0.15, 0.2) is 30.3 Å². The Bertz CT molecular complexity index is 339. The lowest BCUT2D eigenvalue weighted by molar-refractivity contribution is 0.271. The van der Waals surface area contributed by atoms with Crippen LogP contribution in [0.25, 0.3) is 0 Å². The van der Waals surface area contributed by atoms with Crippen LogP contribution in [-0.4, -0.2) is 37.6 Å². The number of benzene rings is 1. The van der Waals surface area contributed by atoms with Gasteiger partial charge in [-0.2, -0.15) is 5.26 Å². The molecule has 0 bridgehead atoms. The Morgan fingerprint density at radius 2 is 1.71 bits per heavy atom. The molecule has 0 unspecified atom stereocenters. The van der Waals surface area contributed by atoms with Crippen molar-refractivity contribution in [2.45, 2.75) is 6.92 Å². The summed E-state index contributed by atoms with van der Waals surface area (Å²) in [4.78, 5) is 4.96. The zero-order chi connectivity index (χ0) is 12.5. The van der Waals surface area contributed by atoms with Crippen LogP contribution in [0.2, 0.25) is 0 Å². The number of hydrogen-bond acceptors (Lipinski definition) is 4. The predicted octanol–water partition coefficient (Wildman–Crippen LogP) is 2.23. The van der Waals surface area contributed by atoms with Crippen molar-refractivity contribution >= 4 is 18.3 Å². The molecule has 17 heavy (non-hydrogen) atoms. The first-order chi connectivity index (χ1) is 8.31. The number of thiocyanates is 1. The minimum absolute atomic E-state index is 1.16. The molecule has 1 fully saturated rings. The highest BCUT2D eigenvalue weighted by Crippen LogP contribution is 2.14. The lowest BCUT2D eigenvalue weighted by Crippen LogP contribution is -2.46. The number of nitriles is 1. The van der Waals surface area contributed by atoms with Gasteiger partial charge < -0.3 is 9.80 Å². The minimum atomic E-state index is 1.16. The summed E-state index contributed by atoms with van der Waals surface area (Å²) in [6.45, 7) is 8.15. The zero-order valence-corrected chi connectivity index (χ0v) is 11.1. The van der Waals surface area contributed by atoms with Crippen molar-refractivity contribution in [2.75, 3.05) is 37.6 Å². The molecular weight excluding hydrogens is 230 g/mol. The summed E-state index contributed by atoms with van der Waals surface area (Å²) in [7, 11) is 0. The van der Waals surface area contributed by atoms with E-state index in [1.165, 1.54) is 30.7 Å². The third-order valence-electron chi connectivity index (χ3n) is 2.94. The second-order valence-corrected chi connectivity index (χ2v) is 4.06. The number of para-hydroxylation sites is 1. The van der Waals surface area contributed by atoms with E-state index in [4.69, 9.17) is 5.26 Å². The van der Waals surface area contributed by atoms with Gasteiger partial charge in [0.25, 0.3) is 0 Å². The fraction of sp³-hybridized carbons (Fsp3) is 0.462. The van der Waals surface area contributed by atoms with Crippen molar-refractivity contribution in [2.24, 2.45) is 0 Å². The van der Waals surface area contributed by atoms with Crippen molar-refractivity contribution in [3.63, 3.8) is 0 Å². The van der Waals surface area contributed by atoms with E-state index in [0.29, 0.717) is 0 Å². The van der Waals surface area contributed by atoms with Gasteiger partial charge in [0.1, 0.15) is 5.40 Å². The molecule has 0 radical (unpaired) electrons. The fourth-order valence-corrected chi connectivity index (χ4v) is 1.96. The Labute approximate surface area is 109 Å². The van der Waals surface area contributed by atoms with E-state index in [9.17, 15) is 0 Å². The van der Waals surface area contributed by atoms with E-state index >= 15 is 0 Å². The first-order valence-corrected chi connectivity index (χ1v) is 6.32. The number of anilines is 1. The van der Waals surface area contributed by atoms with Crippen LogP contribution in [0.4, 0.5) is 5.69 Å². The van der Waals surface area contributed by atoms with Crippen LogP contribution >= 0.6 is 12.6 Å². The van der Waals surface area contributed by atoms with Crippen molar-refractivity contribution in [3.05, 3.63) is 30.3 Å². The van der Waals surface area contributed by atoms with E-state index in [0.717, 1.165) is 13.1 Å². The van der Waals surface area contributed by atoms with Crippen LogP contribution in [0, 0.1) is 10.7 Å². The molecule has 0 N–H and O–H groups in total. The average molecular weight is 249 g/mol. The maximum atomic E-state index is 7.18. The summed E-state index contributed by atoms with van der Waals surface area (Å²) in [5, 5.41) is 8.63. The van der Waals surface area contributed by atoms with Gasteiger partial charge in [-0.3, -0.25) is 0 Å². The number of likely N-dealkylation sites (N-methyl/N-ethyl adjacent to an activating group) is 1. The second kappa shape index (κ2) is 7.99. The Hall–Kier alpha value is -1.18. The number of hydrogen-bond donors (Lipinski definition) is 1. The normalized spacial score (nSPS) is 15.7. The van der Waals surface area contributed by atoms with Crippen LogP contribution in [0.5, 0.6) is 0 Å². The third-order valence-corrected chi connectivity index (χ3v) is 2.94.